The lowest BCUT2D eigenvalue weighted by atomic mass is 10.0. The van der Waals surface area contributed by atoms with E-state index in [1.807, 2.05) is 84.9 Å². The van der Waals surface area contributed by atoms with Gasteiger partial charge in [-0.25, -0.2) is 0 Å². The predicted molar refractivity (Wildman–Crippen MR) is 97.6 cm³/mol. The number of rotatable bonds is 4. The smallest absolute Gasteiger partial charge is 0.100 e. The highest BCUT2D eigenvalue weighted by Crippen LogP contribution is 2.12. The zero-order valence-corrected chi connectivity index (χ0v) is 13.2. The largest absolute Gasteiger partial charge is 0.158 e. The van der Waals surface area contributed by atoms with Gasteiger partial charge in [0.2, 0.25) is 0 Å². The van der Waals surface area contributed by atoms with E-state index in [1.165, 1.54) is 0 Å². The van der Waals surface area contributed by atoms with E-state index in [1.54, 1.807) is 6.21 Å². The maximum atomic E-state index is 5.88. The van der Waals surface area contributed by atoms with Gasteiger partial charge in [0.25, 0.3) is 0 Å². The molecule has 0 aliphatic heterocycles. The minimum absolute atomic E-state index is 0.708. The molecule has 0 heterocycles. The fourth-order valence-electron chi connectivity index (χ4n) is 2.18. The van der Waals surface area contributed by atoms with Gasteiger partial charge in [-0.3, -0.25) is 0 Å². The van der Waals surface area contributed by atoms with Gasteiger partial charge < -0.3 is 0 Å². The van der Waals surface area contributed by atoms with E-state index in [0.717, 1.165) is 22.4 Å². The number of benzene rings is 3. The SMILES string of the molecule is Clc1ccc(/C=N\N=C(c2ccccc2)c2ccccc2)cc1. The lowest BCUT2D eigenvalue weighted by molar-refractivity contribution is 1.24. The highest BCUT2D eigenvalue weighted by molar-refractivity contribution is 6.30. The highest BCUT2D eigenvalue weighted by Gasteiger charge is 2.05. The fourth-order valence-corrected chi connectivity index (χ4v) is 2.30. The minimum atomic E-state index is 0.708. The van der Waals surface area contributed by atoms with Crippen molar-refractivity contribution in [2.45, 2.75) is 0 Å². The molecule has 0 bridgehead atoms. The van der Waals surface area contributed by atoms with Gasteiger partial charge in [0, 0.05) is 16.1 Å². The normalized spacial score (nSPS) is 10.7. The molecule has 0 saturated carbocycles. The van der Waals surface area contributed by atoms with Crippen molar-refractivity contribution in [1.29, 1.82) is 0 Å². The van der Waals surface area contributed by atoms with Gasteiger partial charge in [-0.1, -0.05) is 84.4 Å². The lowest BCUT2D eigenvalue weighted by Gasteiger charge is -2.05. The molecule has 112 valence electrons. The van der Waals surface area contributed by atoms with Crippen molar-refractivity contribution in [2.24, 2.45) is 10.2 Å². The van der Waals surface area contributed by atoms with Crippen LogP contribution in [0.5, 0.6) is 0 Å². The minimum Gasteiger partial charge on any atom is -0.158 e. The van der Waals surface area contributed by atoms with Gasteiger partial charge >= 0.3 is 0 Å². The van der Waals surface area contributed by atoms with Crippen LogP contribution in [-0.4, -0.2) is 11.9 Å². The van der Waals surface area contributed by atoms with Crippen molar-refractivity contribution < 1.29 is 0 Å². The summed E-state index contributed by atoms with van der Waals surface area (Å²) < 4.78 is 0. The van der Waals surface area contributed by atoms with Crippen LogP contribution in [0.2, 0.25) is 5.02 Å². The van der Waals surface area contributed by atoms with Crippen LogP contribution in [-0.2, 0) is 0 Å². The van der Waals surface area contributed by atoms with E-state index in [-0.39, 0.29) is 0 Å². The predicted octanol–water partition coefficient (Wildman–Crippen LogP) is 5.21. The van der Waals surface area contributed by atoms with E-state index in [9.17, 15) is 0 Å². The quantitative estimate of drug-likeness (QED) is 0.466. The van der Waals surface area contributed by atoms with E-state index < -0.39 is 0 Å². The molecule has 0 aliphatic carbocycles. The topological polar surface area (TPSA) is 24.7 Å². The number of halogens is 1. The first-order valence-corrected chi connectivity index (χ1v) is 7.68. The number of nitrogens with zero attached hydrogens (tertiary/aromatic N) is 2. The summed E-state index contributed by atoms with van der Waals surface area (Å²) >= 11 is 5.88. The third kappa shape index (κ3) is 4.15. The van der Waals surface area contributed by atoms with E-state index in [0.29, 0.717) is 5.02 Å². The first-order valence-electron chi connectivity index (χ1n) is 7.30. The average molecular weight is 319 g/mol. The number of hydrogen-bond donors (Lipinski definition) is 0. The Morgan fingerprint density at radius 3 is 1.74 bits per heavy atom. The van der Waals surface area contributed by atoms with Gasteiger partial charge in [-0.2, -0.15) is 5.10 Å². The molecule has 0 spiro atoms. The molecule has 3 heteroatoms. The molecular formula is C20H15ClN2. The summed E-state index contributed by atoms with van der Waals surface area (Å²) in [7, 11) is 0. The maximum Gasteiger partial charge on any atom is 0.100 e. The Morgan fingerprint density at radius 2 is 1.22 bits per heavy atom. The van der Waals surface area contributed by atoms with Crippen LogP contribution < -0.4 is 0 Å². The second-order valence-electron chi connectivity index (χ2n) is 4.98. The van der Waals surface area contributed by atoms with Crippen LogP contribution in [0.25, 0.3) is 0 Å². The van der Waals surface area contributed by atoms with Crippen LogP contribution >= 0.6 is 11.6 Å². The molecule has 3 rings (SSSR count). The molecule has 0 unspecified atom stereocenters. The van der Waals surface area contributed by atoms with Crippen molar-refractivity contribution in [3.8, 4) is 0 Å². The Hall–Kier alpha value is -2.71. The first kappa shape index (κ1) is 15.2. The summed E-state index contributed by atoms with van der Waals surface area (Å²) in [5, 5.41) is 9.39. The summed E-state index contributed by atoms with van der Waals surface area (Å²) in [5.41, 5.74) is 3.87. The summed E-state index contributed by atoms with van der Waals surface area (Å²) in [6.07, 6.45) is 1.72. The van der Waals surface area contributed by atoms with Gasteiger partial charge in [0.05, 0.1) is 6.21 Å². The average Bonchev–Trinajstić information content (AvgIpc) is 2.62. The van der Waals surface area contributed by atoms with Gasteiger partial charge in [0.1, 0.15) is 5.71 Å². The summed E-state index contributed by atoms with van der Waals surface area (Å²) in [6, 6.07) is 27.6. The molecule has 2 nitrogen and oxygen atoms in total. The molecule has 0 radical (unpaired) electrons. The van der Waals surface area contributed by atoms with Gasteiger partial charge in [-0.15, -0.1) is 5.10 Å². The molecule has 0 aromatic heterocycles. The van der Waals surface area contributed by atoms with Crippen molar-refractivity contribution >= 4 is 23.5 Å². The van der Waals surface area contributed by atoms with Crippen LogP contribution in [0.4, 0.5) is 0 Å². The Morgan fingerprint density at radius 1 is 0.696 bits per heavy atom. The Kier molecular flexibility index (Phi) is 4.97. The van der Waals surface area contributed by atoms with Gasteiger partial charge in [-0.05, 0) is 17.7 Å². The third-order valence-corrected chi connectivity index (χ3v) is 3.58. The van der Waals surface area contributed by atoms with Crippen LogP contribution in [0, 0.1) is 0 Å². The summed E-state index contributed by atoms with van der Waals surface area (Å²) in [6.45, 7) is 0. The molecule has 23 heavy (non-hydrogen) atoms. The molecule has 3 aromatic rings. The molecule has 0 N–H and O–H groups in total. The van der Waals surface area contributed by atoms with Crippen molar-refractivity contribution in [1.82, 2.24) is 0 Å². The second kappa shape index (κ2) is 7.52. The molecule has 3 aromatic carbocycles. The molecular weight excluding hydrogens is 304 g/mol. The lowest BCUT2D eigenvalue weighted by Crippen LogP contribution is -2.02. The Bertz CT molecular complexity index is 766. The number of hydrogen-bond acceptors (Lipinski definition) is 2. The molecule has 0 saturated heterocycles. The summed E-state index contributed by atoms with van der Waals surface area (Å²) in [4.78, 5) is 0. The van der Waals surface area contributed by atoms with E-state index in [2.05, 4.69) is 10.2 Å². The highest BCUT2D eigenvalue weighted by atomic mass is 35.5. The molecule has 0 atom stereocenters. The van der Waals surface area contributed by atoms with E-state index >= 15 is 0 Å². The Balaban J connectivity index is 1.93. The fraction of sp³-hybridized carbons (Fsp3) is 0. The molecule has 0 fully saturated rings. The molecule has 0 amide bonds. The van der Waals surface area contributed by atoms with Crippen molar-refractivity contribution in [3.05, 3.63) is 107 Å². The standard InChI is InChI=1S/C20H15ClN2/c21-19-13-11-16(12-14-19)15-22-23-20(17-7-3-1-4-8-17)18-9-5-2-6-10-18/h1-15H/b22-15-. The zero-order valence-electron chi connectivity index (χ0n) is 12.4. The van der Waals surface area contributed by atoms with Crippen LogP contribution in [0.3, 0.4) is 0 Å². The zero-order chi connectivity index (χ0) is 15.9. The van der Waals surface area contributed by atoms with Crippen molar-refractivity contribution in [2.75, 3.05) is 0 Å². The molecule has 0 aliphatic rings. The van der Waals surface area contributed by atoms with Gasteiger partial charge in [0.15, 0.2) is 0 Å². The second-order valence-corrected chi connectivity index (χ2v) is 5.41. The first-order chi connectivity index (χ1) is 11.3. The Labute approximate surface area is 140 Å². The van der Waals surface area contributed by atoms with Crippen LogP contribution in [0.1, 0.15) is 16.7 Å². The monoisotopic (exact) mass is 318 g/mol. The maximum absolute atomic E-state index is 5.88. The third-order valence-electron chi connectivity index (χ3n) is 3.33. The van der Waals surface area contributed by atoms with Crippen LogP contribution in [0.15, 0.2) is 95.1 Å². The van der Waals surface area contributed by atoms with Crippen molar-refractivity contribution in [3.63, 3.8) is 0 Å². The van der Waals surface area contributed by atoms with E-state index in [4.69, 9.17) is 11.6 Å². The summed E-state index contributed by atoms with van der Waals surface area (Å²) in [5.74, 6) is 0.